The number of amides is 1. The first-order valence-electron chi connectivity index (χ1n) is 11.1. The minimum absolute atomic E-state index is 0.0135. The van der Waals surface area contributed by atoms with Crippen LogP contribution in [0.1, 0.15) is 20.3 Å². The molecule has 4 heterocycles. The molecule has 4 bridgehead atoms. The number of rotatable bonds is 4. The van der Waals surface area contributed by atoms with Crippen LogP contribution in [0, 0.1) is 0 Å². The number of aromatic nitrogens is 3. The molecule has 1 saturated heterocycles. The molecule has 0 unspecified atom stereocenters. The molecule has 9 nitrogen and oxygen atoms in total. The maximum absolute atomic E-state index is 12.9. The van der Waals surface area contributed by atoms with E-state index in [0.717, 1.165) is 22.6 Å². The number of nitrogens with zero attached hydrogens (tertiary/aromatic N) is 4. The average molecular weight is 438 g/mol. The van der Waals surface area contributed by atoms with Crippen LogP contribution in [-0.2, 0) is 9.53 Å². The molecule has 9 heteroatoms. The number of benzene rings is 1. The van der Waals surface area contributed by atoms with Crippen LogP contribution in [0.15, 0.2) is 36.7 Å². The van der Waals surface area contributed by atoms with Crippen molar-refractivity contribution in [3.05, 3.63) is 36.7 Å². The third-order valence-electron chi connectivity index (χ3n) is 5.83. The van der Waals surface area contributed by atoms with Crippen molar-refractivity contribution in [1.29, 1.82) is 0 Å². The highest BCUT2D eigenvalue weighted by molar-refractivity contribution is 5.84. The zero-order valence-corrected chi connectivity index (χ0v) is 18.3. The molecule has 0 saturated carbocycles. The third-order valence-corrected chi connectivity index (χ3v) is 5.83. The number of nitrogens with one attached hydrogen (secondary N) is 1. The fourth-order valence-corrected chi connectivity index (χ4v) is 4.38. The first-order valence-corrected chi connectivity index (χ1v) is 11.1. The first kappa shape index (κ1) is 20.6. The molecule has 1 aromatic carbocycles. The van der Waals surface area contributed by atoms with E-state index in [4.69, 9.17) is 19.2 Å². The summed E-state index contributed by atoms with van der Waals surface area (Å²) < 4.78 is 19.2. The molecule has 32 heavy (non-hydrogen) atoms. The van der Waals surface area contributed by atoms with Crippen molar-refractivity contribution < 1.29 is 19.0 Å². The van der Waals surface area contributed by atoms with Gasteiger partial charge in [-0.25, -0.2) is 4.52 Å². The Morgan fingerprint density at radius 2 is 2.16 bits per heavy atom. The molecule has 168 valence electrons. The lowest BCUT2D eigenvalue weighted by molar-refractivity contribution is -0.137. The molecule has 0 radical (unpaired) electrons. The number of fused-ring (bicyclic) bond motifs is 5. The molecule has 0 spiro atoms. The molecule has 2 atom stereocenters. The minimum atomic E-state index is -0.422. The largest absolute Gasteiger partial charge is 0.494 e. The average Bonchev–Trinajstić information content (AvgIpc) is 3.34. The van der Waals surface area contributed by atoms with Crippen molar-refractivity contribution in [2.24, 2.45) is 0 Å². The van der Waals surface area contributed by atoms with Gasteiger partial charge in [-0.15, -0.1) is 0 Å². The monoisotopic (exact) mass is 437 g/mol. The summed E-state index contributed by atoms with van der Waals surface area (Å²) in [5.41, 5.74) is 3.46. The van der Waals surface area contributed by atoms with Gasteiger partial charge in [0.2, 0.25) is 5.88 Å². The standard InChI is InChI=1S/C23H27N5O4/c1-3-30-18-10-15-9-16(11-18)24-6-8-27-17(12-20(23(27)29)31-4-2)14-32-21-5-7-28-22(26-21)19(15)13-25-28/h5,7,9-11,13,17,20,24H,3-4,6,8,12,14H2,1-2H3/t17-,20+/m0/s1. The Balaban J connectivity index is 1.55. The van der Waals surface area contributed by atoms with Crippen molar-refractivity contribution in [2.45, 2.75) is 32.4 Å². The van der Waals surface area contributed by atoms with Crippen LogP contribution in [0.2, 0.25) is 0 Å². The molecule has 1 fully saturated rings. The van der Waals surface area contributed by atoms with Gasteiger partial charge >= 0.3 is 0 Å². The van der Waals surface area contributed by atoms with Crippen LogP contribution in [-0.4, -0.2) is 70.5 Å². The molecule has 1 N–H and O–H groups in total. The van der Waals surface area contributed by atoms with Crippen molar-refractivity contribution in [1.82, 2.24) is 19.5 Å². The lowest BCUT2D eigenvalue weighted by atomic mass is 10.1. The maximum atomic E-state index is 12.9. The van der Waals surface area contributed by atoms with Crippen molar-refractivity contribution in [2.75, 3.05) is 38.2 Å². The van der Waals surface area contributed by atoms with Gasteiger partial charge in [-0.1, -0.05) is 0 Å². The predicted molar refractivity (Wildman–Crippen MR) is 119 cm³/mol. The van der Waals surface area contributed by atoms with E-state index >= 15 is 0 Å². The number of hydrogen-bond donors (Lipinski definition) is 1. The number of carbonyl (C=O) groups excluding carboxylic acids is 1. The summed E-state index contributed by atoms with van der Waals surface area (Å²) in [6.45, 7) is 6.45. The zero-order chi connectivity index (χ0) is 22.1. The highest BCUT2D eigenvalue weighted by Crippen LogP contribution is 2.32. The second kappa shape index (κ2) is 8.66. The second-order valence-corrected chi connectivity index (χ2v) is 7.87. The van der Waals surface area contributed by atoms with E-state index in [1.807, 2.05) is 43.1 Å². The van der Waals surface area contributed by atoms with E-state index in [1.54, 1.807) is 16.8 Å². The summed E-state index contributed by atoms with van der Waals surface area (Å²) in [7, 11) is 0. The summed E-state index contributed by atoms with van der Waals surface area (Å²) in [6, 6.07) is 7.72. The molecule has 1 amide bonds. The van der Waals surface area contributed by atoms with Gasteiger partial charge in [-0.2, -0.15) is 10.1 Å². The normalized spacial score (nSPS) is 20.6. The Bertz CT molecular complexity index is 1130. The van der Waals surface area contributed by atoms with E-state index in [0.29, 0.717) is 50.9 Å². The van der Waals surface area contributed by atoms with Gasteiger partial charge in [0.15, 0.2) is 5.65 Å². The summed E-state index contributed by atoms with van der Waals surface area (Å²) in [6.07, 6.45) is 3.82. The number of carbonyl (C=O) groups is 1. The lowest BCUT2D eigenvalue weighted by Gasteiger charge is -2.25. The second-order valence-electron chi connectivity index (χ2n) is 7.87. The minimum Gasteiger partial charge on any atom is -0.494 e. The highest BCUT2D eigenvalue weighted by atomic mass is 16.5. The van der Waals surface area contributed by atoms with Gasteiger partial charge in [0.05, 0.1) is 18.8 Å². The quantitative estimate of drug-likeness (QED) is 0.671. The lowest BCUT2D eigenvalue weighted by Crippen LogP contribution is -2.41. The van der Waals surface area contributed by atoms with Crippen LogP contribution < -0.4 is 14.8 Å². The van der Waals surface area contributed by atoms with E-state index in [1.165, 1.54) is 0 Å². The van der Waals surface area contributed by atoms with Gasteiger partial charge in [-0.05, 0) is 31.5 Å². The molecule has 0 aliphatic carbocycles. The molecule has 2 aliphatic heterocycles. The molecule has 2 aliphatic rings. The first-order chi connectivity index (χ1) is 15.7. The predicted octanol–water partition coefficient (Wildman–Crippen LogP) is 2.61. The number of hydrogen-bond acceptors (Lipinski definition) is 7. The Hall–Kier alpha value is -3.33. The summed E-state index contributed by atoms with van der Waals surface area (Å²) >= 11 is 0. The van der Waals surface area contributed by atoms with Crippen LogP contribution >= 0.6 is 0 Å². The Morgan fingerprint density at radius 3 is 3.00 bits per heavy atom. The van der Waals surface area contributed by atoms with Gasteiger partial charge in [0, 0.05) is 55.7 Å². The van der Waals surface area contributed by atoms with Crippen LogP contribution in [0.25, 0.3) is 16.8 Å². The zero-order valence-electron chi connectivity index (χ0n) is 18.3. The molecule has 2 aromatic heterocycles. The number of ether oxygens (including phenoxy) is 3. The number of anilines is 1. The Kier molecular flexibility index (Phi) is 5.57. The molecule has 3 aromatic rings. The van der Waals surface area contributed by atoms with E-state index < -0.39 is 6.10 Å². The van der Waals surface area contributed by atoms with Gasteiger partial charge in [0.25, 0.3) is 5.91 Å². The summed E-state index contributed by atoms with van der Waals surface area (Å²) in [4.78, 5) is 19.5. The van der Waals surface area contributed by atoms with E-state index in [-0.39, 0.29) is 11.9 Å². The summed E-state index contributed by atoms with van der Waals surface area (Å²) in [5.74, 6) is 1.28. The molecular weight excluding hydrogens is 410 g/mol. The van der Waals surface area contributed by atoms with Crippen molar-refractivity contribution in [3.63, 3.8) is 0 Å². The smallest absolute Gasteiger partial charge is 0.252 e. The topological polar surface area (TPSA) is 90.2 Å². The van der Waals surface area contributed by atoms with Crippen LogP contribution in [0.4, 0.5) is 5.69 Å². The van der Waals surface area contributed by atoms with Gasteiger partial charge in [-0.3, -0.25) is 4.79 Å². The summed E-state index contributed by atoms with van der Waals surface area (Å²) in [5, 5.41) is 7.89. The maximum Gasteiger partial charge on any atom is 0.252 e. The van der Waals surface area contributed by atoms with Crippen LogP contribution in [0.3, 0.4) is 0 Å². The van der Waals surface area contributed by atoms with Gasteiger partial charge < -0.3 is 24.4 Å². The van der Waals surface area contributed by atoms with E-state index in [9.17, 15) is 4.79 Å². The van der Waals surface area contributed by atoms with Crippen molar-refractivity contribution in [3.8, 4) is 22.8 Å². The van der Waals surface area contributed by atoms with Crippen LogP contribution in [0.5, 0.6) is 11.6 Å². The van der Waals surface area contributed by atoms with Crippen molar-refractivity contribution >= 4 is 17.2 Å². The Morgan fingerprint density at radius 1 is 1.25 bits per heavy atom. The van der Waals surface area contributed by atoms with E-state index in [2.05, 4.69) is 10.4 Å². The third kappa shape index (κ3) is 3.84. The Labute approximate surface area is 186 Å². The SMILES string of the molecule is CCOc1cc2cc(c1)-c1cnn3ccc(nc13)OC[C@@H]1C[C@@H](OCC)C(=O)N1CCN2. The fraction of sp³-hybridized carbons (Fsp3) is 0.435. The fourth-order valence-electron chi connectivity index (χ4n) is 4.38. The molecule has 5 rings (SSSR count). The molecular formula is C23H27N5O4. The van der Waals surface area contributed by atoms with Gasteiger partial charge in [0.1, 0.15) is 18.5 Å². The highest BCUT2D eigenvalue weighted by Gasteiger charge is 2.40.